The van der Waals surface area contributed by atoms with E-state index in [0.29, 0.717) is 16.3 Å². The molecule has 0 aromatic heterocycles. The first-order chi connectivity index (χ1) is 25.0. The Morgan fingerprint density at radius 1 is 1.04 bits per heavy atom. The number of morpholine rings is 1. The quantitative estimate of drug-likeness (QED) is 0.171. The zero-order valence-corrected chi connectivity index (χ0v) is 30.4. The topological polar surface area (TPSA) is 141 Å². The Kier molecular flexibility index (Phi) is 13.9. The highest BCUT2D eigenvalue weighted by atomic mass is 35.5. The van der Waals surface area contributed by atoms with Crippen LogP contribution in [0.2, 0.25) is 5.02 Å². The zero-order valence-electron chi connectivity index (χ0n) is 29.7. The number of ether oxygens (including phenoxy) is 4. The van der Waals surface area contributed by atoms with E-state index in [1.54, 1.807) is 50.4 Å². The van der Waals surface area contributed by atoms with E-state index >= 15 is 4.39 Å². The maximum absolute atomic E-state index is 15.4. The van der Waals surface area contributed by atoms with Crippen molar-refractivity contribution in [2.75, 3.05) is 38.7 Å². The molecular formula is C37H43ClF4N4O7. The van der Waals surface area contributed by atoms with Gasteiger partial charge in [-0.15, -0.1) is 0 Å². The van der Waals surface area contributed by atoms with Crippen molar-refractivity contribution in [3.8, 4) is 5.75 Å². The second-order valence-corrected chi connectivity index (χ2v) is 13.8. The molecule has 0 radical (unpaired) electrons. The smallest absolute Gasteiger partial charge is 0.410 e. The van der Waals surface area contributed by atoms with Crippen LogP contribution in [0.4, 0.5) is 32.8 Å². The predicted molar refractivity (Wildman–Crippen MR) is 189 cm³/mol. The van der Waals surface area contributed by atoms with Gasteiger partial charge < -0.3 is 35.3 Å². The molecule has 4 atom stereocenters. The Morgan fingerprint density at radius 2 is 1.75 bits per heavy atom. The maximum Gasteiger partial charge on any atom is 0.410 e. The van der Waals surface area contributed by atoms with Crippen LogP contribution in [0.3, 0.4) is 0 Å². The molecule has 1 heterocycles. The number of carbonyl (C=O) groups excluding carboxylic acids is 3. The van der Waals surface area contributed by atoms with Crippen LogP contribution in [-0.4, -0.2) is 86.4 Å². The van der Waals surface area contributed by atoms with Crippen molar-refractivity contribution in [2.24, 2.45) is 5.73 Å². The number of hydrogen-bond donors (Lipinski definition) is 3. The van der Waals surface area contributed by atoms with Gasteiger partial charge in [0.25, 0.3) is 0 Å². The van der Waals surface area contributed by atoms with Crippen LogP contribution in [-0.2, 0) is 25.4 Å². The van der Waals surface area contributed by atoms with Crippen molar-refractivity contribution in [3.63, 3.8) is 0 Å². The normalized spacial score (nSPS) is 17.4. The molecule has 53 heavy (non-hydrogen) atoms. The number of halogens is 5. The second kappa shape index (κ2) is 18.0. The molecule has 0 saturated carbocycles. The number of nitrogens with zero attached hydrogens (tertiary/aromatic N) is 1. The Bertz CT molecular complexity index is 1730. The highest BCUT2D eigenvalue weighted by Crippen LogP contribution is 2.34. The van der Waals surface area contributed by atoms with Gasteiger partial charge in [0.2, 0.25) is 5.91 Å². The number of nitrogens with one attached hydrogen (secondary N) is 2. The average Bonchev–Trinajstić information content (AvgIpc) is 3.09. The van der Waals surface area contributed by atoms with Crippen molar-refractivity contribution in [2.45, 2.75) is 69.5 Å². The summed E-state index contributed by atoms with van der Waals surface area (Å²) in [4.78, 5) is 40.1. The van der Waals surface area contributed by atoms with Crippen molar-refractivity contribution in [3.05, 3.63) is 94.3 Å². The minimum Gasteiger partial charge on any atom is -0.495 e. The highest BCUT2D eigenvalue weighted by Gasteiger charge is 2.37. The van der Waals surface area contributed by atoms with E-state index < -0.39 is 72.9 Å². The van der Waals surface area contributed by atoms with Crippen molar-refractivity contribution in [1.29, 1.82) is 0 Å². The lowest BCUT2D eigenvalue weighted by molar-refractivity contribution is -0.124. The molecule has 1 saturated heterocycles. The summed E-state index contributed by atoms with van der Waals surface area (Å²) >= 11 is 6.42. The molecule has 1 fully saturated rings. The number of rotatable bonds is 12. The fourth-order valence-electron chi connectivity index (χ4n) is 5.76. The predicted octanol–water partition coefficient (Wildman–Crippen LogP) is 6.81. The summed E-state index contributed by atoms with van der Waals surface area (Å²) in [5.74, 6) is -1.34. The summed E-state index contributed by atoms with van der Waals surface area (Å²) in [6.07, 6.45) is -7.09. The van der Waals surface area contributed by atoms with Crippen LogP contribution in [0.15, 0.2) is 66.7 Å². The minimum absolute atomic E-state index is 0.0582. The van der Waals surface area contributed by atoms with Gasteiger partial charge >= 0.3 is 18.4 Å². The van der Waals surface area contributed by atoms with E-state index in [4.69, 9.17) is 36.3 Å². The average molecular weight is 767 g/mol. The number of alkyl halides is 3. The summed E-state index contributed by atoms with van der Waals surface area (Å²) in [6, 6.07) is 16.6. The van der Waals surface area contributed by atoms with Gasteiger partial charge in [-0.2, -0.15) is 13.2 Å². The third kappa shape index (κ3) is 12.0. The van der Waals surface area contributed by atoms with Gasteiger partial charge in [0.1, 0.15) is 30.3 Å². The first-order valence-corrected chi connectivity index (χ1v) is 17.1. The van der Waals surface area contributed by atoms with E-state index in [1.165, 1.54) is 24.1 Å². The molecule has 0 spiro atoms. The molecule has 0 aliphatic carbocycles. The van der Waals surface area contributed by atoms with Crippen LogP contribution in [0, 0.1) is 5.82 Å². The van der Waals surface area contributed by atoms with Crippen LogP contribution >= 0.6 is 11.6 Å². The molecule has 288 valence electrons. The lowest BCUT2D eigenvalue weighted by Crippen LogP contribution is -2.55. The molecule has 1 aliphatic rings. The summed E-state index contributed by atoms with van der Waals surface area (Å²) in [7, 11) is 1.49. The van der Waals surface area contributed by atoms with E-state index in [1.807, 2.05) is 30.3 Å². The van der Waals surface area contributed by atoms with Crippen LogP contribution in [0.25, 0.3) is 0 Å². The molecule has 0 bridgehead atoms. The number of nitrogens with two attached hydrogens (primary N) is 1. The molecular weight excluding hydrogens is 724 g/mol. The zero-order chi connectivity index (χ0) is 38.9. The maximum atomic E-state index is 15.4. The van der Waals surface area contributed by atoms with Crippen LogP contribution in [0.5, 0.6) is 5.75 Å². The molecule has 16 heteroatoms. The SMILES string of the molecule is COc1ccc([C@@H](c2ccccc2)[C@H](N)C(=O)Nc2cccc(F)c2CC[C@@H]2CN(C(=O)OC(C)(C)C)[C@H](COC(=O)NCC(F)(F)F)CO2)cc1Cl. The lowest BCUT2D eigenvalue weighted by Gasteiger charge is -2.39. The van der Waals surface area contributed by atoms with Crippen LogP contribution in [0.1, 0.15) is 49.8 Å². The van der Waals surface area contributed by atoms with E-state index in [-0.39, 0.29) is 37.2 Å². The Hall–Kier alpha value is -4.60. The molecule has 0 unspecified atom stereocenters. The monoisotopic (exact) mass is 766 g/mol. The van der Waals surface area contributed by atoms with Gasteiger partial charge in [-0.3, -0.25) is 9.69 Å². The van der Waals surface area contributed by atoms with Crippen molar-refractivity contribution < 1.29 is 50.9 Å². The van der Waals surface area contributed by atoms with Gasteiger partial charge in [-0.1, -0.05) is 54.1 Å². The summed E-state index contributed by atoms with van der Waals surface area (Å²) < 4.78 is 74.5. The van der Waals surface area contributed by atoms with Gasteiger partial charge in [0.05, 0.1) is 43.5 Å². The number of carbonyl (C=O) groups is 3. The molecule has 4 rings (SSSR count). The van der Waals surface area contributed by atoms with Crippen LogP contribution < -0.4 is 21.1 Å². The van der Waals surface area contributed by atoms with Gasteiger partial charge in [0.15, 0.2) is 0 Å². The number of alkyl carbamates (subject to hydrolysis) is 1. The Labute approximate surface area is 310 Å². The Morgan fingerprint density at radius 3 is 2.40 bits per heavy atom. The molecule has 4 N–H and O–H groups in total. The summed E-state index contributed by atoms with van der Waals surface area (Å²) in [6.45, 7) is 2.72. The Balaban J connectivity index is 1.47. The van der Waals surface area contributed by atoms with Crippen molar-refractivity contribution in [1.82, 2.24) is 10.2 Å². The highest BCUT2D eigenvalue weighted by molar-refractivity contribution is 6.32. The van der Waals surface area contributed by atoms with Gasteiger partial charge in [-0.25, -0.2) is 14.0 Å². The molecule has 1 aliphatic heterocycles. The largest absolute Gasteiger partial charge is 0.495 e. The van der Waals surface area contributed by atoms with E-state index in [2.05, 4.69) is 5.32 Å². The third-order valence-electron chi connectivity index (χ3n) is 8.28. The molecule has 3 aromatic rings. The number of amides is 3. The van der Waals surface area contributed by atoms with Gasteiger partial charge in [0, 0.05) is 17.2 Å². The number of hydrogen-bond acceptors (Lipinski definition) is 8. The number of benzene rings is 3. The van der Waals surface area contributed by atoms with E-state index in [9.17, 15) is 27.6 Å². The number of anilines is 1. The second-order valence-electron chi connectivity index (χ2n) is 13.4. The molecule has 3 aromatic carbocycles. The first-order valence-electron chi connectivity index (χ1n) is 16.8. The minimum atomic E-state index is -4.63. The standard InChI is InChI=1S/C37H43ClF4N4O7/c1-36(2,3)53-35(49)46-18-25(51-19-24(46)20-52-34(48)44-21-37(40,41)42)14-15-26-28(39)11-8-12-29(26)45-33(47)32(43)31(22-9-6-5-7-10-22)23-13-16-30(50-4)27(38)17-23/h5-13,16-17,24-25,31-32H,14-15,18-21,43H2,1-4H3,(H,44,48)(H,45,47)/t24-,25+,31+,32-/m0/s1. The van der Waals surface area contributed by atoms with Crippen molar-refractivity contribution >= 4 is 35.4 Å². The molecule has 3 amide bonds. The van der Waals surface area contributed by atoms with E-state index in [0.717, 1.165) is 5.56 Å². The molecule has 11 nitrogen and oxygen atoms in total. The lowest BCUT2D eigenvalue weighted by atomic mass is 9.85. The van der Waals surface area contributed by atoms with Gasteiger partial charge in [-0.05, 0) is 69.0 Å². The summed E-state index contributed by atoms with van der Waals surface area (Å²) in [5.41, 5.74) is 7.52. The third-order valence-corrected chi connectivity index (χ3v) is 8.58. The number of methoxy groups -OCH3 is 1. The summed E-state index contributed by atoms with van der Waals surface area (Å²) in [5, 5.41) is 4.74. The first kappa shape index (κ1) is 41.2. The fourth-order valence-corrected chi connectivity index (χ4v) is 6.02. The fraction of sp³-hybridized carbons (Fsp3) is 0.432.